The molecular formula is C17H14O7. The molecule has 7 nitrogen and oxygen atoms in total. The molecule has 0 amide bonds. The first-order chi connectivity index (χ1) is 11.7. The van der Waals surface area contributed by atoms with Crippen molar-refractivity contribution in [3.05, 3.63) is 52.6 Å². The molecule has 124 valence electrons. The fraction of sp³-hybridized carbons (Fsp3) is 0.294. The van der Waals surface area contributed by atoms with E-state index in [9.17, 15) is 9.59 Å². The third-order valence-electron chi connectivity index (χ3n) is 4.19. The van der Waals surface area contributed by atoms with Crippen LogP contribution in [0.4, 0.5) is 4.79 Å². The van der Waals surface area contributed by atoms with E-state index in [2.05, 4.69) is 4.74 Å². The lowest BCUT2D eigenvalue weighted by Gasteiger charge is -2.28. The SMILES string of the molecule is COC(=O)OC[C@H]1OC=C[C@@H]2Oc3c(c(=O)oc4ccccc34)[C@@H]21. The Balaban J connectivity index is 1.76. The molecule has 7 heteroatoms. The van der Waals surface area contributed by atoms with Crippen LogP contribution in [0.2, 0.25) is 0 Å². The first kappa shape index (κ1) is 14.6. The van der Waals surface area contributed by atoms with Crippen LogP contribution in [-0.4, -0.2) is 32.1 Å². The quantitative estimate of drug-likeness (QED) is 0.617. The summed E-state index contributed by atoms with van der Waals surface area (Å²) in [6.45, 7) is -0.0623. The van der Waals surface area contributed by atoms with E-state index in [4.69, 9.17) is 18.6 Å². The van der Waals surface area contributed by atoms with Gasteiger partial charge in [-0.25, -0.2) is 9.59 Å². The van der Waals surface area contributed by atoms with Crippen molar-refractivity contribution >= 4 is 17.1 Å². The lowest BCUT2D eigenvalue weighted by molar-refractivity contribution is -0.00505. The molecule has 0 unspecified atom stereocenters. The minimum absolute atomic E-state index is 0.0623. The molecule has 0 saturated carbocycles. The zero-order valence-electron chi connectivity index (χ0n) is 12.8. The van der Waals surface area contributed by atoms with Crippen molar-refractivity contribution in [1.29, 1.82) is 0 Å². The van der Waals surface area contributed by atoms with Gasteiger partial charge in [0.25, 0.3) is 0 Å². The van der Waals surface area contributed by atoms with Crippen LogP contribution in [0, 0.1) is 0 Å². The number of hydrogen-bond donors (Lipinski definition) is 0. The van der Waals surface area contributed by atoms with Crippen LogP contribution in [0.15, 0.2) is 45.8 Å². The number of rotatable bonds is 2. The van der Waals surface area contributed by atoms with Crippen molar-refractivity contribution in [2.24, 2.45) is 0 Å². The molecule has 2 aliphatic rings. The minimum atomic E-state index is -0.811. The van der Waals surface area contributed by atoms with Gasteiger partial charge in [-0.15, -0.1) is 0 Å². The van der Waals surface area contributed by atoms with E-state index in [1.165, 1.54) is 13.4 Å². The molecule has 1 aromatic heterocycles. The number of hydrogen-bond acceptors (Lipinski definition) is 7. The Kier molecular flexibility index (Phi) is 3.41. The molecular weight excluding hydrogens is 316 g/mol. The first-order valence-electron chi connectivity index (χ1n) is 7.44. The van der Waals surface area contributed by atoms with Gasteiger partial charge in [0.05, 0.1) is 30.2 Å². The molecule has 2 aliphatic heterocycles. The van der Waals surface area contributed by atoms with Crippen LogP contribution < -0.4 is 10.4 Å². The van der Waals surface area contributed by atoms with Gasteiger partial charge in [-0.1, -0.05) is 12.1 Å². The van der Waals surface area contributed by atoms with Gasteiger partial charge in [0.15, 0.2) is 0 Å². The van der Waals surface area contributed by atoms with E-state index in [0.717, 1.165) is 5.39 Å². The van der Waals surface area contributed by atoms with Gasteiger partial charge in [-0.05, 0) is 18.2 Å². The molecule has 0 saturated heterocycles. The fourth-order valence-electron chi connectivity index (χ4n) is 3.14. The average molecular weight is 330 g/mol. The van der Waals surface area contributed by atoms with Crippen LogP contribution in [0.3, 0.4) is 0 Å². The van der Waals surface area contributed by atoms with E-state index in [1.54, 1.807) is 18.2 Å². The Morgan fingerprint density at radius 2 is 2.12 bits per heavy atom. The summed E-state index contributed by atoms with van der Waals surface area (Å²) in [5.41, 5.74) is 0.395. The van der Waals surface area contributed by atoms with Gasteiger partial charge >= 0.3 is 11.8 Å². The van der Waals surface area contributed by atoms with E-state index in [-0.39, 0.29) is 12.7 Å². The van der Waals surface area contributed by atoms with Gasteiger partial charge in [0.2, 0.25) is 0 Å². The van der Waals surface area contributed by atoms with E-state index < -0.39 is 23.8 Å². The Hall–Kier alpha value is -2.96. The lowest BCUT2D eigenvalue weighted by Crippen LogP contribution is -2.37. The number of ether oxygens (including phenoxy) is 4. The highest BCUT2D eigenvalue weighted by molar-refractivity contribution is 5.85. The summed E-state index contributed by atoms with van der Waals surface area (Å²) in [5.74, 6) is 0.0746. The normalized spacial score (nSPS) is 23.8. The number of fused-ring (bicyclic) bond motifs is 5. The summed E-state index contributed by atoms with van der Waals surface area (Å²) in [5, 5.41) is 0.725. The van der Waals surface area contributed by atoms with Crippen molar-refractivity contribution < 1.29 is 28.2 Å². The molecule has 3 atom stereocenters. The van der Waals surface area contributed by atoms with Gasteiger partial charge in [-0.3, -0.25) is 0 Å². The first-order valence-corrected chi connectivity index (χ1v) is 7.44. The van der Waals surface area contributed by atoms with Crippen LogP contribution in [0.5, 0.6) is 5.75 Å². The highest BCUT2D eigenvalue weighted by Crippen LogP contribution is 2.45. The molecule has 4 rings (SSSR count). The third kappa shape index (κ3) is 2.20. The summed E-state index contributed by atoms with van der Waals surface area (Å²) >= 11 is 0. The number of benzene rings is 1. The fourth-order valence-corrected chi connectivity index (χ4v) is 3.14. The topological polar surface area (TPSA) is 84.2 Å². The summed E-state index contributed by atoms with van der Waals surface area (Å²) in [7, 11) is 1.22. The second-order valence-electron chi connectivity index (χ2n) is 5.50. The van der Waals surface area contributed by atoms with Crippen LogP contribution >= 0.6 is 0 Å². The summed E-state index contributed by atoms with van der Waals surface area (Å²) < 4.78 is 26.3. The lowest BCUT2D eigenvalue weighted by atomic mass is 9.89. The monoisotopic (exact) mass is 330 g/mol. The maximum Gasteiger partial charge on any atom is 0.508 e. The van der Waals surface area contributed by atoms with E-state index >= 15 is 0 Å². The molecule has 0 radical (unpaired) electrons. The second kappa shape index (κ2) is 5.59. The Bertz CT molecular complexity index is 882. The Morgan fingerprint density at radius 3 is 2.96 bits per heavy atom. The highest BCUT2D eigenvalue weighted by atomic mass is 16.7. The van der Waals surface area contributed by atoms with Crippen molar-refractivity contribution in [2.45, 2.75) is 18.1 Å². The van der Waals surface area contributed by atoms with Crippen molar-refractivity contribution in [1.82, 2.24) is 0 Å². The largest absolute Gasteiger partial charge is 0.508 e. The number of para-hydroxylation sites is 1. The van der Waals surface area contributed by atoms with Gasteiger partial charge in [0, 0.05) is 0 Å². The minimum Gasteiger partial charge on any atom is -0.494 e. The standard InChI is InChI=1S/C17H14O7/c1-20-17(19)22-8-12-13-11(6-7-21-12)23-15-9-4-2-3-5-10(9)24-16(18)14(13)15/h2-7,11-13H,8H2,1H3/t11-,12+,13-/m0/s1. The zero-order chi connectivity index (χ0) is 16.7. The number of carbonyl (C=O) groups is 1. The molecule has 0 N–H and O–H groups in total. The maximum absolute atomic E-state index is 12.5. The number of methoxy groups -OCH3 is 1. The molecule has 24 heavy (non-hydrogen) atoms. The molecule has 1 aromatic carbocycles. The van der Waals surface area contributed by atoms with Gasteiger partial charge in [-0.2, -0.15) is 0 Å². The predicted molar refractivity (Wildman–Crippen MR) is 82.0 cm³/mol. The number of carbonyl (C=O) groups excluding carboxylic acids is 1. The molecule has 2 aromatic rings. The Morgan fingerprint density at radius 1 is 1.29 bits per heavy atom. The maximum atomic E-state index is 12.5. The summed E-state index contributed by atoms with van der Waals surface area (Å²) in [4.78, 5) is 23.7. The van der Waals surface area contributed by atoms with Crippen LogP contribution in [0.1, 0.15) is 11.5 Å². The van der Waals surface area contributed by atoms with Crippen molar-refractivity contribution in [2.75, 3.05) is 13.7 Å². The highest BCUT2D eigenvalue weighted by Gasteiger charge is 2.45. The third-order valence-corrected chi connectivity index (χ3v) is 4.19. The molecule has 0 bridgehead atoms. The second-order valence-corrected chi connectivity index (χ2v) is 5.50. The van der Waals surface area contributed by atoms with Crippen LogP contribution in [0.25, 0.3) is 11.0 Å². The van der Waals surface area contributed by atoms with Gasteiger partial charge in [0.1, 0.15) is 30.1 Å². The summed E-state index contributed by atoms with van der Waals surface area (Å²) in [6, 6.07) is 7.18. The molecule has 0 aliphatic carbocycles. The molecule has 3 heterocycles. The van der Waals surface area contributed by atoms with E-state index in [1.807, 2.05) is 12.1 Å². The molecule has 0 fully saturated rings. The van der Waals surface area contributed by atoms with Crippen molar-refractivity contribution in [3.8, 4) is 5.75 Å². The van der Waals surface area contributed by atoms with E-state index in [0.29, 0.717) is 16.9 Å². The zero-order valence-corrected chi connectivity index (χ0v) is 12.8. The van der Waals surface area contributed by atoms with Crippen molar-refractivity contribution in [3.63, 3.8) is 0 Å². The predicted octanol–water partition coefficient (Wildman–Crippen LogP) is 2.33. The molecule has 0 spiro atoms. The Labute approximate surface area is 136 Å². The average Bonchev–Trinajstić information content (AvgIpc) is 3.00. The smallest absolute Gasteiger partial charge is 0.494 e. The summed E-state index contributed by atoms with van der Waals surface area (Å²) in [6.07, 6.45) is 1.46. The van der Waals surface area contributed by atoms with Gasteiger partial charge < -0.3 is 23.4 Å². The van der Waals surface area contributed by atoms with Crippen LogP contribution in [-0.2, 0) is 14.2 Å².